The van der Waals surface area contributed by atoms with Crippen LogP contribution < -0.4 is 10.6 Å². The van der Waals surface area contributed by atoms with Gasteiger partial charge in [-0.3, -0.25) is 14.9 Å². The molecule has 1 aliphatic rings. The predicted octanol–water partition coefficient (Wildman–Crippen LogP) is 2.35. The van der Waals surface area contributed by atoms with Crippen LogP contribution >= 0.6 is 11.6 Å². The van der Waals surface area contributed by atoms with E-state index in [9.17, 15) is 14.9 Å². The van der Waals surface area contributed by atoms with Crippen molar-refractivity contribution < 1.29 is 9.72 Å². The Labute approximate surface area is 116 Å². The molecular weight excluding hydrogens is 286 g/mol. The topological polar surface area (TPSA) is 110 Å². The minimum Gasteiger partial charge on any atom is -0.336 e. The number of anilines is 3. The molecule has 2 aromatic rings. The van der Waals surface area contributed by atoms with E-state index in [-0.39, 0.29) is 22.2 Å². The smallest absolute Gasteiger partial charge is 0.271 e. The molecule has 9 heteroatoms. The van der Waals surface area contributed by atoms with E-state index in [0.717, 1.165) is 0 Å². The standard InChI is InChI=1S/C11H6ClN5O3/c12-9-4-6-10(16-15-9)13-7-2-1-5(17(19)20)3-8(7)14-11(6)18/h1-4H,(H,13,16)(H,14,18). The van der Waals surface area contributed by atoms with Crippen molar-refractivity contribution in [3.8, 4) is 0 Å². The molecule has 0 unspecified atom stereocenters. The maximum Gasteiger partial charge on any atom is 0.271 e. The molecule has 8 nitrogen and oxygen atoms in total. The Bertz CT molecular complexity index is 749. The molecule has 3 rings (SSSR count). The van der Waals surface area contributed by atoms with Crippen LogP contribution in [0.1, 0.15) is 10.4 Å². The molecule has 0 radical (unpaired) electrons. The fraction of sp³-hybridized carbons (Fsp3) is 0. The van der Waals surface area contributed by atoms with Gasteiger partial charge >= 0.3 is 0 Å². The van der Waals surface area contributed by atoms with E-state index in [0.29, 0.717) is 11.4 Å². The molecule has 0 atom stereocenters. The van der Waals surface area contributed by atoms with E-state index in [1.807, 2.05) is 0 Å². The molecule has 100 valence electrons. The van der Waals surface area contributed by atoms with Gasteiger partial charge in [-0.2, -0.15) is 0 Å². The summed E-state index contributed by atoms with van der Waals surface area (Å²) >= 11 is 5.70. The lowest BCUT2D eigenvalue weighted by molar-refractivity contribution is -0.384. The van der Waals surface area contributed by atoms with Gasteiger partial charge in [0.1, 0.15) is 0 Å². The van der Waals surface area contributed by atoms with Crippen LogP contribution in [0, 0.1) is 10.1 Å². The first kappa shape index (κ1) is 12.3. The van der Waals surface area contributed by atoms with Gasteiger partial charge in [0.2, 0.25) is 0 Å². The van der Waals surface area contributed by atoms with Crippen molar-refractivity contribution >= 4 is 40.4 Å². The Morgan fingerprint density at radius 1 is 1.15 bits per heavy atom. The third-order valence-corrected chi connectivity index (χ3v) is 2.91. The number of fused-ring (bicyclic) bond motifs is 2. The number of nitro groups is 1. The Hall–Kier alpha value is -2.74. The lowest BCUT2D eigenvalue weighted by Crippen LogP contribution is -2.11. The third kappa shape index (κ3) is 2.01. The number of nitro benzene ring substituents is 1. The molecule has 20 heavy (non-hydrogen) atoms. The maximum absolute atomic E-state index is 12.1. The number of hydrogen-bond acceptors (Lipinski definition) is 6. The number of benzene rings is 1. The largest absolute Gasteiger partial charge is 0.336 e. The van der Waals surface area contributed by atoms with Crippen LogP contribution in [0.2, 0.25) is 5.15 Å². The van der Waals surface area contributed by atoms with Gasteiger partial charge in [0, 0.05) is 12.1 Å². The Morgan fingerprint density at radius 2 is 1.95 bits per heavy atom. The average molecular weight is 292 g/mol. The van der Waals surface area contributed by atoms with Gasteiger partial charge in [-0.15, -0.1) is 10.2 Å². The van der Waals surface area contributed by atoms with E-state index in [1.54, 1.807) is 0 Å². The summed E-state index contributed by atoms with van der Waals surface area (Å²) < 4.78 is 0. The second-order valence-corrected chi connectivity index (χ2v) is 4.38. The molecule has 1 aromatic heterocycles. The summed E-state index contributed by atoms with van der Waals surface area (Å²) in [5.74, 6) is -0.233. The van der Waals surface area contributed by atoms with Gasteiger partial charge in [0.25, 0.3) is 11.6 Å². The molecule has 1 amide bonds. The highest BCUT2D eigenvalue weighted by molar-refractivity contribution is 6.30. The molecule has 2 N–H and O–H groups in total. The number of carbonyl (C=O) groups excluding carboxylic acids is 1. The second-order valence-electron chi connectivity index (χ2n) is 4.00. The number of carbonyl (C=O) groups is 1. The summed E-state index contributed by atoms with van der Waals surface area (Å²) in [5.41, 5.74) is 0.863. The molecule has 0 fully saturated rings. The lowest BCUT2D eigenvalue weighted by Gasteiger charge is -2.06. The Morgan fingerprint density at radius 3 is 2.70 bits per heavy atom. The number of aromatic nitrogens is 2. The van der Waals surface area contributed by atoms with Crippen LogP contribution in [0.15, 0.2) is 24.3 Å². The first-order valence-electron chi connectivity index (χ1n) is 5.44. The van der Waals surface area contributed by atoms with Crippen molar-refractivity contribution in [1.29, 1.82) is 0 Å². The lowest BCUT2D eigenvalue weighted by atomic mass is 10.2. The van der Waals surface area contributed by atoms with Gasteiger partial charge in [0.05, 0.1) is 21.9 Å². The van der Waals surface area contributed by atoms with Crippen LogP contribution in [-0.4, -0.2) is 21.0 Å². The van der Waals surface area contributed by atoms with Crippen molar-refractivity contribution in [2.75, 3.05) is 10.6 Å². The number of hydrogen-bond donors (Lipinski definition) is 2. The SMILES string of the molecule is O=C1Nc2cc([N+](=O)[O-])ccc2Nc2nnc(Cl)cc21. The molecule has 2 heterocycles. The minimum atomic E-state index is -0.541. The zero-order valence-corrected chi connectivity index (χ0v) is 10.5. The third-order valence-electron chi connectivity index (χ3n) is 2.72. The molecular formula is C11H6ClN5O3. The zero-order valence-electron chi connectivity index (χ0n) is 9.75. The zero-order chi connectivity index (χ0) is 14.3. The Kier molecular flexibility index (Phi) is 2.72. The van der Waals surface area contributed by atoms with Crippen molar-refractivity contribution in [2.45, 2.75) is 0 Å². The first-order valence-corrected chi connectivity index (χ1v) is 5.82. The van der Waals surface area contributed by atoms with Crippen molar-refractivity contribution in [3.63, 3.8) is 0 Å². The Balaban J connectivity index is 2.11. The van der Waals surface area contributed by atoms with E-state index in [2.05, 4.69) is 20.8 Å². The highest BCUT2D eigenvalue weighted by Crippen LogP contribution is 2.33. The summed E-state index contributed by atoms with van der Waals surface area (Å²) in [6.45, 7) is 0. The van der Waals surface area contributed by atoms with Gasteiger partial charge in [0.15, 0.2) is 11.0 Å². The molecule has 0 saturated heterocycles. The molecule has 1 aliphatic heterocycles. The fourth-order valence-electron chi connectivity index (χ4n) is 1.81. The second kappa shape index (κ2) is 4.42. The highest BCUT2D eigenvalue weighted by Gasteiger charge is 2.22. The van der Waals surface area contributed by atoms with E-state index in [1.165, 1.54) is 24.3 Å². The van der Waals surface area contributed by atoms with Gasteiger partial charge in [-0.25, -0.2) is 0 Å². The number of nitrogens with zero attached hydrogens (tertiary/aromatic N) is 3. The summed E-state index contributed by atoms with van der Waals surface area (Å²) in [6.07, 6.45) is 0. The normalized spacial score (nSPS) is 12.6. The molecule has 0 bridgehead atoms. The molecule has 0 spiro atoms. The summed E-state index contributed by atoms with van der Waals surface area (Å²) in [4.78, 5) is 22.3. The number of rotatable bonds is 1. The molecule has 0 aliphatic carbocycles. The monoisotopic (exact) mass is 291 g/mol. The fourth-order valence-corrected chi connectivity index (χ4v) is 1.96. The van der Waals surface area contributed by atoms with Gasteiger partial charge in [-0.05, 0) is 12.1 Å². The van der Waals surface area contributed by atoms with Crippen molar-refractivity contribution in [1.82, 2.24) is 10.2 Å². The quantitative estimate of drug-likeness (QED) is 0.616. The summed E-state index contributed by atoms with van der Waals surface area (Å²) in [7, 11) is 0. The van der Waals surface area contributed by atoms with Crippen molar-refractivity contribution in [2.24, 2.45) is 0 Å². The molecule has 1 aromatic carbocycles. The maximum atomic E-state index is 12.1. The minimum absolute atomic E-state index is 0.0811. The number of nitrogens with one attached hydrogen (secondary N) is 2. The number of amides is 1. The highest BCUT2D eigenvalue weighted by atomic mass is 35.5. The van der Waals surface area contributed by atoms with Crippen LogP contribution in [0.5, 0.6) is 0 Å². The average Bonchev–Trinajstić information content (AvgIpc) is 2.54. The van der Waals surface area contributed by atoms with Crippen LogP contribution in [0.25, 0.3) is 0 Å². The van der Waals surface area contributed by atoms with Gasteiger partial charge in [-0.1, -0.05) is 11.6 Å². The van der Waals surface area contributed by atoms with E-state index >= 15 is 0 Å². The van der Waals surface area contributed by atoms with Crippen LogP contribution in [-0.2, 0) is 0 Å². The van der Waals surface area contributed by atoms with E-state index < -0.39 is 10.8 Å². The van der Waals surface area contributed by atoms with Crippen LogP contribution in [0.4, 0.5) is 22.9 Å². The molecule has 0 saturated carbocycles. The number of halogens is 1. The predicted molar refractivity (Wildman–Crippen MR) is 71.4 cm³/mol. The summed E-state index contributed by atoms with van der Waals surface area (Å²) in [5, 5.41) is 23.7. The summed E-state index contributed by atoms with van der Waals surface area (Å²) in [6, 6.07) is 5.44. The van der Waals surface area contributed by atoms with E-state index in [4.69, 9.17) is 11.6 Å². The van der Waals surface area contributed by atoms with Crippen molar-refractivity contribution in [3.05, 3.63) is 45.1 Å². The van der Waals surface area contributed by atoms with Crippen LogP contribution in [0.3, 0.4) is 0 Å². The van der Waals surface area contributed by atoms with Gasteiger partial charge < -0.3 is 10.6 Å². The first-order chi connectivity index (χ1) is 9.54. The number of non-ortho nitro benzene ring substituents is 1.